The van der Waals surface area contributed by atoms with Gasteiger partial charge in [0, 0.05) is 4.47 Å². The smallest absolute Gasteiger partial charge is 0.407 e. The van der Waals surface area contributed by atoms with E-state index in [0.29, 0.717) is 6.61 Å². The van der Waals surface area contributed by atoms with Gasteiger partial charge in [-0.15, -0.1) is 0 Å². The first-order valence-corrected chi connectivity index (χ1v) is 6.93. The van der Waals surface area contributed by atoms with Gasteiger partial charge in [-0.25, -0.2) is 4.79 Å². The Morgan fingerprint density at radius 3 is 2.42 bits per heavy atom. The second kappa shape index (κ2) is 6.80. The number of halogens is 1. The van der Waals surface area contributed by atoms with E-state index >= 15 is 0 Å². The number of nitrogens with one attached hydrogen (secondary N) is 1. The van der Waals surface area contributed by atoms with Crippen molar-refractivity contribution in [2.24, 2.45) is 0 Å². The number of amides is 1. The first-order valence-electron chi connectivity index (χ1n) is 6.14. The minimum absolute atomic E-state index is 0.126. The van der Waals surface area contributed by atoms with Crippen molar-refractivity contribution in [1.82, 2.24) is 5.32 Å². The van der Waals surface area contributed by atoms with Crippen molar-refractivity contribution in [2.75, 3.05) is 6.61 Å². The maximum absolute atomic E-state index is 11.5. The molecule has 1 N–H and O–H groups in total. The van der Waals surface area contributed by atoms with Crippen molar-refractivity contribution in [1.29, 1.82) is 0 Å². The summed E-state index contributed by atoms with van der Waals surface area (Å²) in [5.74, 6) is 0.765. The lowest BCUT2D eigenvalue weighted by molar-refractivity contribution is 0.0494. The fourth-order valence-corrected chi connectivity index (χ4v) is 1.57. The highest BCUT2D eigenvalue weighted by Gasteiger charge is 2.17. The molecular weight excluding hydrogens is 310 g/mol. The third-order valence-electron chi connectivity index (χ3n) is 2.08. The van der Waals surface area contributed by atoms with Gasteiger partial charge in [-0.3, -0.25) is 0 Å². The highest BCUT2D eigenvalue weighted by atomic mass is 79.9. The fourth-order valence-electron chi connectivity index (χ4n) is 1.30. The molecule has 0 saturated carbocycles. The van der Waals surface area contributed by atoms with E-state index in [2.05, 4.69) is 21.2 Å². The monoisotopic (exact) mass is 329 g/mol. The van der Waals surface area contributed by atoms with Crippen LogP contribution in [0.3, 0.4) is 0 Å². The molecule has 0 saturated heterocycles. The average Bonchev–Trinajstić information content (AvgIpc) is 2.25. The molecule has 0 aromatic heterocycles. The number of alkyl carbamates (subject to hydrolysis) is 1. The van der Waals surface area contributed by atoms with Crippen LogP contribution < -0.4 is 10.1 Å². The quantitative estimate of drug-likeness (QED) is 0.915. The van der Waals surface area contributed by atoms with Crippen LogP contribution in [0.4, 0.5) is 4.79 Å². The Kier molecular flexibility index (Phi) is 5.66. The Hall–Kier alpha value is -1.23. The molecule has 0 heterocycles. The molecule has 4 nitrogen and oxygen atoms in total. The summed E-state index contributed by atoms with van der Waals surface area (Å²) >= 11 is 3.36. The van der Waals surface area contributed by atoms with E-state index in [-0.39, 0.29) is 6.04 Å². The molecular formula is C14H20BrNO3. The number of benzene rings is 1. The highest BCUT2D eigenvalue weighted by Crippen LogP contribution is 2.16. The van der Waals surface area contributed by atoms with Gasteiger partial charge in [-0.05, 0) is 52.0 Å². The fraction of sp³-hybridized carbons (Fsp3) is 0.500. The van der Waals surface area contributed by atoms with Crippen molar-refractivity contribution >= 4 is 22.0 Å². The van der Waals surface area contributed by atoms with E-state index in [1.54, 1.807) is 0 Å². The molecule has 0 radical (unpaired) electrons. The van der Waals surface area contributed by atoms with Gasteiger partial charge >= 0.3 is 6.09 Å². The van der Waals surface area contributed by atoms with Gasteiger partial charge in [0.2, 0.25) is 0 Å². The summed E-state index contributed by atoms with van der Waals surface area (Å²) in [5, 5.41) is 2.72. The molecule has 1 amide bonds. The molecule has 1 atom stereocenters. The van der Waals surface area contributed by atoms with E-state index in [4.69, 9.17) is 9.47 Å². The first kappa shape index (κ1) is 15.8. The van der Waals surface area contributed by atoms with E-state index in [0.717, 1.165) is 10.2 Å². The molecule has 1 aromatic carbocycles. The molecule has 1 rings (SSSR count). The maximum atomic E-state index is 11.5. The number of rotatable bonds is 4. The number of hydrogen-bond acceptors (Lipinski definition) is 3. The van der Waals surface area contributed by atoms with E-state index < -0.39 is 11.7 Å². The average molecular weight is 330 g/mol. The third-order valence-corrected chi connectivity index (χ3v) is 2.61. The maximum Gasteiger partial charge on any atom is 0.407 e. The van der Waals surface area contributed by atoms with Gasteiger partial charge in [0.25, 0.3) is 0 Å². The Balaban J connectivity index is 2.33. The largest absolute Gasteiger partial charge is 0.491 e. The van der Waals surface area contributed by atoms with Gasteiger partial charge in [-0.1, -0.05) is 15.9 Å². The molecule has 0 aliphatic carbocycles. The zero-order valence-corrected chi connectivity index (χ0v) is 13.3. The van der Waals surface area contributed by atoms with Gasteiger partial charge in [0.1, 0.15) is 18.0 Å². The lowest BCUT2D eigenvalue weighted by Gasteiger charge is -2.22. The highest BCUT2D eigenvalue weighted by molar-refractivity contribution is 9.10. The standard InChI is InChI=1S/C14H20BrNO3/c1-10(16-13(17)19-14(2,3)4)9-18-12-7-5-11(15)6-8-12/h5-8,10H,9H2,1-4H3,(H,16,17). The molecule has 5 heteroatoms. The molecule has 1 unspecified atom stereocenters. The number of carbonyl (C=O) groups is 1. The van der Waals surface area contributed by atoms with E-state index in [1.165, 1.54) is 0 Å². The lowest BCUT2D eigenvalue weighted by atomic mass is 10.2. The minimum Gasteiger partial charge on any atom is -0.491 e. The molecule has 1 aromatic rings. The normalized spacial score (nSPS) is 12.7. The Bertz CT molecular complexity index is 412. The van der Waals surface area contributed by atoms with Crippen LogP contribution >= 0.6 is 15.9 Å². The summed E-state index contributed by atoms with van der Waals surface area (Å²) in [6, 6.07) is 7.41. The summed E-state index contributed by atoms with van der Waals surface area (Å²) in [6.07, 6.45) is -0.431. The van der Waals surface area contributed by atoms with Crippen LogP contribution in [0.15, 0.2) is 28.7 Å². The van der Waals surface area contributed by atoms with Crippen LogP contribution in [0.25, 0.3) is 0 Å². The third kappa shape index (κ3) is 7.06. The molecule has 0 fully saturated rings. The second-order valence-corrected chi connectivity index (χ2v) is 6.23. The van der Waals surface area contributed by atoms with E-state index in [1.807, 2.05) is 52.0 Å². The Morgan fingerprint density at radius 2 is 1.89 bits per heavy atom. The van der Waals surface area contributed by atoms with Gasteiger partial charge < -0.3 is 14.8 Å². The zero-order valence-electron chi connectivity index (χ0n) is 11.7. The first-order chi connectivity index (χ1) is 8.76. The van der Waals surface area contributed by atoms with Crippen LogP contribution in [0.1, 0.15) is 27.7 Å². The topological polar surface area (TPSA) is 47.6 Å². The number of ether oxygens (including phenoxy) is 2. The predicted molar refractivity (Wildman–Crippen MR) is 78.5 cm³/mol. The van der Waals surface area contributed by atoms with Gasteiger partial charge in [-0.2, -0.15) is 0 Å². The molecule has 0 spiro atoms. The molecule has 0 aliphatic heterocycles. The molecule has 106 valence electrons. The SMILES string of the molecule is CC(COc1ccc(Br)cc1)NC(=O)OC(C)(C)C. The van der Waals surface area contributed by atoms with Crippen LogP contribution in [-0.2, 0) is 4.74 Å². The summed E-state index contributed by atoms with van der Waals surface area (Å²) in [4.78, 5) is 11.5. The van der Waals surface area contributed by atoms with Crippen molar-refractivity contribution in [3.8, 4) is 5.75 Å². The lowest BCUT2D eigenvalue weighted by Crippen LogP contribution is -2.40. The van der Waals surface area contributed by atoms with Crippen LogP contribution in [0.2, 0.25) is 0 Å². The molecule has 0 bridgehead atoms. The summed E-state index contributed by atoms with van der Waals surface area (Å²) in [7, 11) is 0. The van der Waals surface area contributed by atoms with Crippen molar-refractivity contribution < 1.29 is 14.3 Å². The zero-order chi connectivity index (χ0) is 14.5. The summed E-state index contributed by atoms with van der Waals surface area (Å²) in [5.41, 5.74) is -0.490. The van der Waals surface area contributed by atoms with Crippen LogP contribution in [-0.4, -0.2) is 24.3 Å². The van der Waals surface area contributed by atoms with Crippen LogP contribution in [0, 0.1) is 0 Å². The van der Waals surface area contributed by atoms with Crippen molar-refractivity contribution in [3.63, 3.8) is 0 Å². The van der Waals surface area contributed by atoms with E-state index in [9.17, 15) is 4.79 Å². The Morgan fingerprint density at radius 1 is 1.32 bits per heavy atom. The van der Waals surface area contributed by atoms with Gasteiger partial charge in [0.15, 0.2) is 0 Å². The molecule has 0 aliphatic rings. The second-order valence-electron chi connectivity index (χ2n) is 5.31. The molecule has 19 heavy (non-hydrogen) atoms. The Labute approximate surface area is 122 Å². The van der Waals surface area contributed by atoms with Crippen molar-refractivity contribution in [2.45, 2.75) is 39.3 Å². The van der Waals surface area contributed by atoms with Gasteiger partial charge in [0.05, 0.1) is 6.04 Å². The predicted octanol–water partition coefficient (Wildman–Crippen LogP) is 3.74. The van der Waals surface area contributed by atoms with Crippen LogP contribution in [0.5, 0.6) is 5.75 Å². The minimum atomic E-state index is -0.490. The van der Waals surface area contributed by atoms with Crippen molar-refractivity contribution in [3.05, 3.63) is 28.7 Å². The summed E-state index contributed by atoms with van der Waals surface area (Å²) < 4.78 is 11.7. The summed E-state index contributed by atoms with van der Waals surface area (Å²) in [6.45, 7) is 7.74. The number of hydrogen-bond donors (Lipinski definition) is 1. The number of carbonyl (C=O) groups excluding carboxylic acids is 1.